The predicted molar refractivity (Wildman–Crippen MR) is 64.6 cm³/mol. The minimum absolute atomic E-state index is 0.205. The zero-order valence-electron chi connectivity index (χ0n) is 8.88. The molecule has 0 aliphatic carbocycles. The van der Waals surface area contributed by atoms with Gasteiger partial charge in [0.25, 0.3) is 5.56 Å². The fourth-order valence-corrected chi connectivity index (χ4v) is 1.66. The fourth-order valence-electron chi connectivity index (χ4n) is 1.48. The Bertz CT molecular complexity index is 732. The summed E-state index contributed by atoms with van der Waals surface area (Å²) in [6, 6.07) is 6.00. The molecule has 1 aromatic heterocycles. The number of aromatic carboxylic acids is 1. The van der Waals surface area contributed by atoms with Crippen LogP contribution in [0.5, 0.6) is 0 Å². The van der Waals surface area contributed by atoms with Crippen LogP contribution < -0.4 is 11.2 Å². The van der Waals surface area contributed by atoms with Gasteiger partial charge in [-0.2, -0.15) is 0 Å². The second-order valence-corrected chi connectivity index (χ2v) is 3.87. The van der Waals surface area contributed by atoms with E-state index in [1.165, 1.54) is 12.1 Å². The molecule has 0 aliphatic rings. The molecule has 2 N–H and O–H groups in total. The summed E-state index contributed by atoms with van der Waals surface area (Å²) in [7, 11) is 0. The number of rotatable bonds is 2. The SMILES string of the molecule is O=C(O)c1c[nH]c(=O)n(-c2cccc(Cl)c2)c1=O. The molecular formula is C11H7ClN2O4. The van der Waals surface area contributed by atoms with Crippen molar-refractivity contribution in [2.24, 2.45) is 0 Å². The number of nitrogens with one attached hydrogen (secondary N) is 1. The quantitative estimate of drug-likeness (QED) is 0.844. The molecule has 0 bridgehead atoms. The van der Waals surface area contributed by atoms with Gasteiger partial charge in [-0.1, -0.05) is 17.7 Å². The summed E-state index contributed by atoms with van der Waals surface area (Å²) in [5.74, 6) is -1.41. The van der Waals surface area contributed by atoms with Crippen molar-refractivity contribution >= 4 is 17.6 Å². The number of benzene rings is 1. The van der Waals surface area contributed by atoms with Crippen molar-refractivity contribution in [3.63, 3.8) is 0 Å². The van der Waals surface area contributed by atoms with Crippen LogP contribution in [0, 0.1) is 0 Å². The molecule has 1 heterocycles. The molecule has 0 amide bonds. The number of carbonyl (C=O) groups is 1. The number of halogens is 1. The van der Waals surface area contributed by atoms with Gasteiger partial charge < -0.3 is 10.1 Å². The van der Waals surface area contributed by atoms with Crippen molar-refractivity contribution in [2.45, 2.75) is 0 Å². The van der Waals surface area contributed by atoms with Gasteiger partial charge in [-0.15, -0.1) is 0 Å². The number of aromatic nitrogens is 2. The zero-order chi connectivity index (χ0) is 13.3. The van der Waals surface area contributed by atoms with Gasteiger partial charge in [0.1, 0.15) is 5.56 Å². The monoisotopic (exact) mass is 266 g/mol. The predicted octanol–water partition coefficient (Wildman–Crippen LogP) is 0.877. The first kappa shape index (κ1) is 12.1. The molecule has 0 spiro atoms. The van der Waals surface area contributed by atoms with Crippen LogP contribution in [0.25, 0.3) is 5.69 Å². The Hall–Kier alpha value is -2.34. The van der Waals surface area contributed by atoms with Crippen molar-refractivity contribution in [1.29, 1.82) is 0 Å². The normalized spacial score (nSPS) is 10.3. The maximum Gasteiger partial charge on any atom is 0.342 e. The lowest BCUT2D eigenvalue weighted by molar-refractivity contribution is 0.0694. The molecule has 92 valence electrons. The van der Waals surface area contributed by atoms with Crippen molar-refractivity contribution in [1.82, 2.24) is 9.55 Å². The summed E-state index contributed by atoms with van der Waals surface area (Å²) in [4.78, 5) is 36.5. The van der Waals surface area contributed by atoms with E-state index in [9.17, 15) is 14.4 Å². The van der Waals surface area contributed by atoms with Crippen molar-refractivity contribution in [3.8, 4) is 5.69 Å². The number of carboxylic acid groups (broad SMARTS) is 1. The summed E-state index contributed by atoms with van der Waals surface area (Å²) < 4.78 is 0.718. The summed E-state index contributed by atoms with van der Waals surface area (Å²) in [6.45, 7) is 0. The molecule has 2 aromatic rings. The summed E-state index contributed by atoms with van der Waals surface area (Å²) in [5.41, 5.74) is -1.95. The maximum absolute atomic E-state index is 11.9. The zero-order valence-corrected chi connectivity index (χ0v) is 9.64. The Labute approximate surface area is 105 Å². The Balaban J connectivity index is 2.79. The van der Waals surface area contributed by atoms with Gasteiger partial charge >= 0.3 is 11.7 Å². The van der Waals surface area contributed by atoms with E-state index in [0.29, 0.717) is 5.02 Å². The second kappa shape index (κ2) is 4.50. The van der Waals surface area contributed by atoms with Crippen molar-refractivity contribution in [2.75, 3.05) is 0 Å². The maximum atomic E-state index is 11.9. The number of aromatic amines is 1. The Morgan fingerprint density at radius 3 is 2.67 bits per heavy atom. The van der Waals surface area contributed by atoms with E-state index < -0.39 is 22.8 Å². The lowest BCUT2D eigenvalue weighted by Gasteiger charge is -2.05. The lowest BCUT2D eigenvalue weighted by atomic mass is 10.3. The largest absolute Gasteiger partial charge is 0.477 e. The van der Waals surface area contributed by atoms with Crippen LogP contribution in [0.15, 0.2) is 40.1 Å². The first-order chi connectivity index (χ1) is 8.50. The molecule has 0 radical (unpaired) electrons. The fraction of sp³-hybridized carbons (Fsp3) is 0. The molecule has 7 heteroatoms. The van der Waals surface area contributed by atoms with Gasteiger partial charge in [0, 0.05) is 11.2 Å². The topological polar surface area (TPSA) is 92.2 Å². The summed E-state index contributed by atoms with van der Waals surface area (Å²) in [5, 5.41) is 9.15. The molecule has 6 nitrogen and oxygen atoms in total. The van der Waals surface area contributed by atoms with Crippen LogP contribution in [0.3, 0.4) is 0 Å². The van der Waals surface area contributed by atoms with E-state index in [-0.39, 0.29) is 5.69 Å². The van der Waals surface area contributed by atoms with Crippen LogP contribution in [0.1, 0.15) is 10.4 Å². The lowest BCUT2D eigenvalue weighted by Crippen LogP contribution is -2.36. The Morgan fingerprint density at radius 2 is 2.06 bits per heavy atom. The van der Waals surface area contributed by atoms with Gasteiger partial charge in [0.15, 0.2) is 0 Å². The molecule has 0 saturated carbocycles. The minimum Gasteiger partial charge on any atom is -0.477 e. The molecule has 0 saturated heterocycles. The Morgan fingerprint density at radius 1 is 1.33 bits per heavy atom. The molecule has 0 unspecified atom stereocenters. The van der Waals surface area contributed by atoms with Gasteiger partial charge in [-0.25, -0.2) is 14.2 Å². The van der Waals surface area contributed by atoms with Crippen LogP contribution in [0.2, 0.25) is 5.02 Å². The minimum atomic E-state index is -1.41. The van der Waals surface area contributed by atoms with Crippen LogP contribution in [0.4, 0.5) is 0 Å². The third-order valence-corrected chi connectivity index (χ3v) is 2.51. The smallest absolute Gasteiger partial charge is 0.342 e. The second-order valence-electron chi connectivity index (χ2n) is 3.43. The number of hydrogen-bond acceptors (Lipinski definition) is 3. The van der Waals surface area contributed by atoms with Gasteiger partial charge in [-0.3, -0.25) is 4.79 Å². The molecular weight excluding hydrogens is 260 g/mol. The molecule has 0 atom stereocenters. The van der Waals surface area contributed by atoms with E-state index in [4.69, 9.17) is 16.7 Å². The summed E-state index contributed by atoms with van der Waals surface area (Å²) in [6.07, 6.45) is 0.869. The van der Waals surface area contributed by atoms with Crippen LogP contribution >= 0.6 is 11.6 Å². The van der Waals surface area contributed by atoms with Gasteiger partial charge in [-0.05, 0) is 18.2 Å². The standard InChI is InChI=1S/C11H7ClN2O4/c12-6-2-1-3-7(4-6)14-9(15)8(10(16)17)5-13-11(14)18/h1-5H,(H,13,18)(H,16,17). The van der Waals surface area contributed by atoms with Crippen molar-refractivity contribution in [3.05, 3.63) is 61.9 Å². The van der Waals surface area contributed by atoms with E-state index in [2.05, 4.69) is 4.98 Å². The van der Waals surface area contributed by atoms with E-state index in [1.807, 2.05) is 0 Å². The van der Waals surface area contributed by atoms with E-state index in [1.54, 1.807) is 12.1 Å². The first-order valence-corrected chi connectivity index (χ1v) is 5.22. The van der Waals surface area contributed by atoms with E-state index in [0.717, 1.165) is 10.8 Å². The molecule has 0 aliphatic heterocycles. The average Bonchev–Trinajstić information content (AvgIpc) is 2.28. The number of hydrogen-bond donors (Lipinski definition) is 2. The van der Waals surface area contributed by atoms with Crippen molar-refractivity contribution < 1.29 is 9.90 Å². The van der Waals surface area contributed by atoms with Gasteiger partial charge in [0.05, 0.1) is 5.69 Å². The summed E-state index contributed by atoms with van der Waals surface area (Å²) >= 11 is 5.76. The molecule has 1 aromatic carbocycles. The first-order valence-electron chi connectivity index (χ1n) is 4.84. The highest BCUT2D eigenvalue weighted by molar-refractivity contribution is 6.30. The third kappa shape index (κ3) is 2.05. The number of carboxylic acids is 1. The molecule has 0 fully saturated rings. The van der Waals surface area contributed by atoms with Crippen LogP contribution in [-0.2, 0) is 0 Å². The third-order valence-electron chi connectivity index (χ3n) is 2.27. The highest BCUT2D eigenvalue weighted by atomic mass is 35.5. The van der Waals surface area contributed by atoms with Crippen LogP contribution in [-0.4, -0.2) is 20.6 Å². The highest BCUT2D eigenvalue weighted by Crippen LogP contribution is 2.11. The van der Waals surface area contributed by atoms with Gasteiger partial charge in [0.2, 0.25) is 0 Å². The van der Waals surface area contributed by atoms with E-state index >= 15 is 0 Å². The Kier molecular flexibility index (Phi) is 3.03. The number of H-pyrrole nitrogens is 1. The average molecular weight is 267 g/mol. The number of nitrogens with zero attached hydrogens (tertiary/aromatic N) is 1. The molecule has 18 heavy (non-hydrogen) atoms. The molecule has 2 rings (SSSR count). The highest BCUT2D eigenvalue weighted by Gasteiger charge is 2.14.